The molecule has 0 fully saturated rings. The molecule has 10 nitrogen and oxygen atoms in total. The third kappa shape index (κ3) is 8.98. The first-order valence-corrected chi connectivity index (χ1v) is 14.1. The standard InChI is InChI=1S/C33H44O10/c1-11-38-27-23(13-15-25(42-31(36)19(3)4)29(27)40-17-21(7)34)33(9,10)24-14-16-26(43-32(37)20(5)6)30(28(24)39-12-2)41-18-22(8)35/h13-16,21-22,34-35H,3,5,11-12,17-18H2,1-2,4,6-10H3. The van der Waals surface area contributed by atoms with Crippen LogP contribution in [0.25, 0.3) is 0 Å². The largest absolute Gasteiger partial charge is 0.490 e. The van der Waals surface area contributed by atoms with E-state index < -0.39 is 29.6 Å². The molecule has 43 heavy (non-hydrogen) atoms. The highest BCUT2D eigenvalue weighted by Gasteiger charge is 2.36. The average molecular weight is 601 g/mol. The lowest BCUT2D eigenvalue weighted by molar-refractivity contribution is -0.131. The van der Waals surface area contributed by atoms with Gasteiger partial charge in [-0.05, 0) is 53.7 Å². The van der Waals surface area contributed by atoms with Gasteiger partial charge in [0, 0.05) is 27.7 Å². The first kappa shape index (κ1) is 35.2. The molecule has 0 bridgehead atoms. The van der Waals surface area contributed by atoms with E-state index in [1.54, 1.807) is 52.0 Å². The summed E-state index contributed by atoms with van der Waals surface area (Å²) in [7, 11) is 0. The molecular weight excluding hydrogens is 556 g/mol. The van der Waals surface area contributed by atoms with Gasteiger partial charge in [0.15, 0.2) is 23.0 Å². The van der Waals surface area contributed by atoms with Gasteiger partial charge in [0.1, 0.15) is 13.2 Å². The van der Waals surface area contributed by atoms with Crippen LogP contribution >= 0.6 is 0 Å². The molecule has 0 aliphatic carbocycles. The minimum atomic E-state index is -0.880. The number of aliphatic hydroxyl groups excluding tert-OH is 2. The van der Waals surface area contributed by atoms with Crippen LogP contribution in [0.5, 0.6) is 34.5 Å². The second-order valence-corrected chi connectivity index (χ2v) is 10.7. The molecule has 0 aliphatic heterocycles. The van der Waals surface area contributed by atoms with E-state index in [4.69, 9.17) is 28.4 Å². The van der Waals surface area contributed by atoms with E-state index in [2.05, 4.69) is 13.2 Å². The molecule has 236 valence electrons. The van der Waals surface area contributed by atoms with Crippen molar-refractivity contribution in [1.29, 1.82) is 0 Å². The Hall–Kier alpha value is -4.02. The molecule has 2 rings (SSSR count). The van der Waals surface area contributed by atoms with Gasteiger partial charge in [-0.15, -0.1) is 0 Å². The minimum absolute atomic E-state index is 0.0914. The summed E-state index contributed by atoms with van der Waals surface area (Å²) in [6.07, 6.45) is -1.63. The highest BCUT2D eigenvalue weighted by molar-refractivity contribution is 5.90. The zero-order chi connectivity index (χ0) is 32.5. The zero-order valence-corrected chi connectivity index (χ0v) is 26.4. The quantitative estimate of drug-likeness (QED) is 0.149. The van der Waals surface area contributed by atoms with Crippen molar-refractivity contribution >= 4 is 11.9 Å². The van der Waals surface area contributed by atoms with Crippen LogP contribution in [0.15, 0.2) is 48.6 Å². The molecule has 2 aromatic rings. The number of aliphatic hydroxyl groups is 2. The van der Waals surface area contributed by atoms with Gasteiger partial charge in [-0.3, -0.25) is 0 Å². The van der Waals surface area contributed by atoms with Gasteiger partial charge in [0.2, 0.25) is 11.5 Å². The Kier molecular flexibility index (Phi) is 12.6. The number of hydrogen-bond donors (Lipinski definition) is 2. The monoisotopic (exact) mass is 600 g/mol. The Morgan fingerprint density at radius 2 is 1.05 bits per heavy atom. The van der Waals surface area contributed by atoms with Crippen LogP contribution in [0.3, 0.4) is 0 Å². The Labute approximate surface area is 253 Å². The lowest BCUT2D eigenvalue weighted by Crippen LogP contribution is -2.24. The van der Waals surface area contributed by atoms with Crippen molar-refractivity contribution in [3.05, 3.63) is 59.7 Å². The Morgan fingerprint density at radius 1 is 0.698 bits per heavy atom. The molecular formula is C33H44O10. The predicted molar refractivity (Wildman–Crippen MR) is 163 cm³/mol. The molecule has 2 unspecified atom stereocenters. The van der Waals surface area contributed by atoms with Gasteiger partial charge in [0.25, 0.3) is 0 Å². The number of carbonyl (C=O) groups excluding carboxylic acids is 2. The Morgan fingerprint density at radius 3 is 1.33 bits per heavy atom. The fourth-order valence-electron chi connectivity index (χ4n) is 4.01. The van der Waals surface area contributed by atoms with Crippen molar-refractivity contribution in [2.45, 2.75) is 73.0 Å². The maximum absolute atomic E-state index is 12.4. The molecule has 0 heterocycles. The van der Waals surface area contributed by atoms with Gasteiger partial charge < -0.3 is 38.6 Å². The Balaban J connectivity index is 2.87. The molecule has 10 heteroatoms. The molecule has 0 aliphatic rings. The number of esters is 2. The number of rotatable bonds is 16. The van der Waals surface area contributed by atoms with Crippen molar-refractivity contribution in [2.75, 3.05) is 26.4 Å². The smallest absolute Gasteiger partial charge is 0.338 e. The number of ether oxygens (including phenoxy) is 6. The van der Waals surface area contributed by atoms with Gasteiger partial charge in [0.05, 0.1) is 25.4 Å². The highest BCUT2D eigenvalue weighted by atomic mass is 16.6. The summed E-state index contributed by atoms with van der Waals surface area (Å²) in [4.78, 5) is 24.9. The van der Waals surface area contributed by atoms with Gasteiger partial charge in [-0.2, -0.15) is 0 Å². The molecule has 2 aromatic carbocycles. The molecule has 0 aromatic heterocycles. The molecule has 0 spiro atoms. The van der Waals surface area contributed by atoms with Crippen molar-refractivity contribution in [2.24, 2.45) is 0 Å². The van der Waals surface area contributed by atoms with Crippen LogP contribution in [-0.4, -0.2) is 60.8 Å². The third-order valence-corrected chi connectivity index (χ3v) is 6.12. The van der Waals surface area contributed by atoms with Crippen LogP contribution in [0.4, 0.5) is 0 Å². The van der Waals surface area contributed by atoms with E-state index >= 15 is 0 Å². The number of hydrogen-bond acceptors (Lipinski definition) is 10. The minimum Gasteiger partial charge on any atom is -0.490 e. The number of carbonyl (C=O) groups is 2. The average Bonchev–Trinajstić information content (AvgIpc) is 2.91. The fourth-order valence-corrected chi connectivity index (χ4v) is 4.01. The van der Waals surface area contributed by atoms with Gasteiger partial charge >= 0.3 is 11.9 Å². The van der Waals surface area contributed by atoms with E-state index in [-0.39, 0.29) is 60.6 Å². The number of benzene rings is 2. The van der Waals surface area contributed by atoms with E-state index in [1.807, 2.05) is 13.8 Å². The van der Waals surface area contributed by atoms with Crippen LogP contribution in [0, 0.1) is 0 Å². The topological polar surface area (TPSA) is 130 Å². The molecule has 0 saturated carbocycles. The summed E-state index contributed by atoms with van der Waals surface area (Å²) in [5.74, 6) is -0.213. The lowest BCUT2D eigenvalue weighted by Gasteiger charge is -2.32. The molecule has 2 atom stereocenters. The second kappa shape index (κ2) is 15.5. The fraction of sp³-hybridized carbons (Fsp3) is 0.455. The van der Waals surface area contributed by atoms with Crippen LogP contribution in [-0.2, 0) is 15.0 Å². The maximum Gasteiger partial charge on any atom is 0.338 e. The van der Waals surface area contributed by atoms with Crippen LogP contribution in [0.1, 0.15) is 66.5 Å². The van der Waals surface area contributed by atoms with Crippen molar-refractivity contribution in [1.82, 2.24) is 0 Å². The van der Waals surface area contributed by atoms with Crippen LogP contribution in [0.2, 0.25) is 0 Å². The molecule has 0 saturated heterocycles. The van der Waals surface area contributed by atoms with E-state index in [0.29, 0.717) is 22.6 Å². The summed E-state index contributed by atoms with van der Waals surface area (Å²) < 4.78 is 35.2. The first-order chi connectivity index (χ1) is 20.1. The van der Waals surface area contributed by atoms with E-state index in [0.717, 1.165) is 0 Å². The summed E-state index contributed by atoms with van der Waals surface area (Å²) in [6, 6.07) is 6.68. The van der Waals surface area contributed by atoms with Gasteiger partial charge in [-0.1, -0.05) is 39.1 Å². The molecule has 0 amide bonds. The van der Waals surface area contributed by atoms with Crippen molar-refractivity contribution in [3.8, 4) is 34.5 Å². The first-order valence-electron chi connectivity index (χ1n) is 14.1. The summed E-state index contributed by atoms with van der Waals surface area (Å²) in [5, 5.41) is 19.9. The van der Waals surface area contributed by atoms with Gasteiger partial charge in [-0.25, -0.2) is 9.59 Å². The third-order valence-electron chi connectivity index (χ3n) is 6.12. The maximum atomic E-state index is 12.4. The lowest BCUT2D eigenvalue weighted by atomic mass is 9.76. The second-order valence-electron chi connectivity index (χ2n) is 10.7. The molecule has 2 N–H and O–H groups in total. The highest BCUT2D eigenvalue weighted by Crippen LogP contribution is 2.52. The predicted octanol–water partition coefficient (Wildman–Crippen LogP) is 5.29. The summed E-state index contributed by atoms with van der Waals surface area (Å²) >= 11 is 0. The zero-order valence-electron chi connectivity index (χ0n) is 26.4. The van der Waals surface area contributed by atoms with Crippen molar-refractivity contribution < 1.29 is 48.2 Å². The summed E-state index contributed by atoms with van der Waals surface area (Å²) in [6.45, 7) is 21.3. The van der Waals surface area contributed by atoms with Crippen LogP contribution < -0.4 is 28.4 Å². The normalized spacial score (nSPS) is 12.5. The Bertz CT molecular complexity index is 1220. The molecule has 0 radical (unpaired) electrons. The SMILES string of the molecule is C=C(C)C(=O)Oc1ccc(C(C)(C)c2ccc(OC(=O)C(=C)C)c(OCC(C)O)c2OCC)c(OCC)c1OCC(C)O. The summed E-state index contributed by atoms with van der Waals surface area (Å²) in [5.41, 5.74) is 0.789. The van der Waals surface area contributed by atoms with E-state index in [1.165, 1.54) is 13.8 Å². The van der Waals surface area contributed by atoms with E-state index in [9.17, 15) is 19.8 Å². The van der Waals surface area contributed by atoms with Crippen molar-refractivity contribution in [3.63, 3.8) is 0 Å².